The van der Waals surface area contributed by atoms with Gasteiger partial charge in [-0.25, -0.2) is 0 Å². The lowest BCUT2D eigenvalue weighted by Crippen LogP contribution is -2.50. The van der Waals surface area contributed by atoms with Crippen LogP contribution in [0.2, 0.25) is 5.02 Å². The van der Waals surface area contributed by atoms with E-state index in [1.807, 2.05) is 30.3 Å². The molecule has 1 aromatic carbocycles. The summed E-state index contributed by atoms with van der Waals surface area (Å²) >= 11 is 6.14. The molecule has 0 radical (unpaired) electrons. The van der Waals surface area contributed by atoms with Gasteiger partial charge in [-0.1, -0.05) is 41.9 Å². The summed E-state index contributed by atoms with van der Waals surface area (Å²) in [5.41, 5.74) is 11.6. The number of halogens is 1. The number of hydrogen-bond acceptors (Lipinski definition) is 6. The molecule has 0 unspecified atom stereocenters. The molecule has 30 heavy (non-hydrogen) atoms. The predicted molar refractivity (Wildman–Crippen MR) is 112 cm³/mol. The number of amides is 2. The molecular weight excluding hydrogens is 408 g/mol. The number of aromatic nitrogens is 3. The number of nitrogens with two attached hydrogens (primary N) is 2. The molecule has 0 aliphatic carbocycles. The van der Waals surface area contributed by atoms with Crippen molar-refractivity contribution in [3.05, 3.63) is 64.6 Å². The summed E-state index contributed by atoms with van der Waals surface area (Å²) in [6, 6.07) is 10.3. The Morgan fingerprint density at radius 3 is 2.60 bits per heavy atom. The van der Waals surface area contributed by atoms with Gasteiger partial charge in [-0.2, -0.15) is 0 Å². The van der Waals surface area contributed by atoms with Gasteiger partial charge < -0.3 is 21.5 Å². The zero-order valence-electron chi connectivity index (χ0n) is 16.6. The summed E-state index contributed by atoms with van der Waals surface area (Å²) in [5, 5.41) is 11.3. The normalized spacial score (nSPS) is 12.7. The summed E-state index contributed by atoms with van der Waals surface area (Å²) in [6.07, 6.45) is 1.54. The van der Waals surface area contributed by atoms with Crippen molar-refractivity contribution >= 4 is 29.1 Å². The minimum atomic E-state index is -1.12. The van der Waals surface area contributed by atoms with E-state index in [9.17, 15) is 9.59 Å². The van der Waals surface area contributed by atoms with Crippen LogP contribution in [0.4, 0.5) is 0 Å². The van der Waals surface area contributed by atoms with E-state index in [1.165, 1.54) is 10.5 Å². The van der Waals surface area contributed by atoms with Crippen molar-refractivity contribution in [2.75, 3.05) is 6.61 Å². The fourth-order valence-electron chi connectivity index (χ4n) is 2.79. The number of ether oxygens (including phenoxy) is 1. The van der Waals surface area contributed by atoms with Gasteiger partial charge in [0.25, 0.3) is 5.91 Å². The number of primary amides is 1. The number of carbonyl (C=O) groups is 2. The average Bonchev–Trinajstić information content (AvgIpc) is 3.10. The molecule has 0 bridgehead atoms. The smallest absolute Gasteiger partial charge is 0.252 e. The Morgan fingerprint density at radius 2 is 1.97 bits per heavy atom. The molecule has 5 N–H and O–H groups in total. The molecular formula is C20H23ClN6O3. The number of nitrogens with zero attached hydrogens (tertiary/aromatic N) is 3. The first-order chi connectivity index (χ1) is 14.2. The van der Waals surface area contributed by atoms with Crippen molar-refractivity contribution in [3.63, 3.8) is 0 Å². The number of rotatable bonds is 8. The molecule has 9 nitrogen and oxygen atoms in total. The van der Waals surface area contributed by atoms with E-state index in [2.05, 4.69) is 15.5 Å². The number of hydrogen-bond donors (Lipinski definition) is 3. The van der Waals surface area contributed by atoms with E-state index in [-0.39, 0.29) is 22.8 Å². The summed E-state index contributed by atoms with van der Waals surface area (Å²) in [4.78, 5) is 24.3. The Hall–Kier alpha value is -3.01. The van der Waals surface area contributed by atoms with Gasteiger partial charge in [0.05, 0.1) is 29.3 Å². The molecule has 3 aromatic rings. The molecule has 2 aromatic heterocycles. The number of nitrogens with one attached hydrogen (secondary N) is 1. The molecule has 0 fully saturated rings. The molecule has 2 heterocycles. The predicted octanol–water partition coefficient (Wildman–Crippen LogP) is 1.59. The Morgan fingerprint density at radius 1 is 1.27 bits per heavy atom. The number of fused-ring (bicyclic) bond motifs is 1. The maximum atomic E-state index is 12.5. The number of carbonyl (C=O) groups excluding carboxylic acids is 2. The van der Waals surface area contributed by atoms with E-state index in [0.29, 0.717) is 12.4 Å². The fourth-order valence-corrected chi connectivity index (χ4v) is 3.00. The molecule has 2 amide bonds. The average molecular weight is 431 g/mol. The molecule has 0 aliphatic rings. The molecule has 3 rings (SSSR count). The van der Waals surface area contributed by atoms with Gasteiger partial charge in [-0.3, -0.25) is 14.0 Å². The first-order valence-electron chi connectivity index (χ1n) is 9.22. The molecule has 10 heteroatoms. The third-order valence-electron chi connectivity index (χ3n) is 4.36. The van der Waals surface area contributed by atoms with Crippen LogP contribution in [0.25, 0.3) is 5.65 Å². The van der Waals surface area contributed by atoms with Crippen LogP contribution in [0.5, 0.6) is 0 Å². The zero-order valence-corrected chi connectivity index (χ0v) is 17.4. The minimum absolute atomic E-state index is 0.0932. The van der Waals surface area contributed by atoms with E-state index < -0.39 is 23.4 Å². The van der Waals surface area contributed by atoms with Gasteiger partial charge in [-0.15, -0.1) is 10.2 Å². The van der Waals surface area contributed by atoms with Crippen molar-refractivity contribution in [1.29, 1.82) is 0 Å². The standard InChI is InChI=1S/C20H23ClN6O3/c1-20(2,23)19(29)24-15(11-30-10-12-6-4-3-5-7-12)18-26-25-17-14(16(22)28)8-13(21)9-27(17)18/h3-9,15H,10-11,23H2,1-2H3,(H2,22,28)(H,24,29)/t15-/m1/s1. The Kier molecular flexibility index (Phi) is 6.35. The SMILES string of the molecule is CC(C)(N)C(=O)N[C@H](COCc1ccccc1)c1nnc2c(C(N)=O)cc(Cl)cn12. The highest BCUT2D eigenvalue weighted by molar-refractivity contribution is 6.31. The molecule has 0 saturated carbocycles. The second kappa shape index (κ2) is 8.78. The zero-order chi connectivity index (χ0) is 21.9. The minimum Gasteiger partial charge on any atom is -0.374 e. The molecule has 0 spiro atoms. The van der Waals surface area contributed by atoms with Crippen LogP contribution in [-0.4, -0.2) is 38.6 Å². The molecule has 0 aliphatic heterocycles. The monoisotopic (exact) mass is 430 g/mol. The van der Waals surface area contributed by atoms with Crippen molar-refractivity contribution in [2.24, 2.45) is 11.5 Å². The lowest BCUT2D eigenvalue weighted by Gasteiger charge is -2.23. The van der Waals surface area contributed by atoms with Crippen molar-refractivity contribution < 1.29 is 14.3 Å². The van der Waals surface area contributed by atoms with Gasteiger partial charge in [0.1, 0.15) is 6.04 Å². The highest BCUT2D eigenvalue weighted by atomic mass is 35.5. The van der Waals surface area contributed by atoms with E-state index in [0.717, 1.165) is 5.56 Å². The van der Waals surface area contributed by atoms with Crippen LogP contribution in [0.3, 0.4) is 0 Å². The summed E-state index contributed by atoms with van der Waals surface area (Å²) in [6.45, 7) is 3.61. The van der Waals surface area contributed by atoms with Gasteiger partial charge in [0, 0.05) is 6.20 Å². The third kappa shape index (κ3) is 4.93. The Labute approximate surface area is 178 Å². The maximum Gasteiger partial charge on any atom is 0.252 e. The maximum absolute atomic E-state index is 12.5. The van der Waals surface area contributed by atoms with E-state index >= 15 is 0 Å². The van der Waals surface area contributed by atoms with Crippen LogP contribution in [0, 0.1) is 0 Å². The molecule has 1 atom stereocenters. The van der Waals surface area contributed by atoms with E-state index in [4.69, 9.17) is 27.8 Å². The summed E-state index contributed by atoms with van der Waals surface area (Å²) in [5.74, 6) is -0.754. The van der Waals surface area contributed by atoms with Crippen molar-refractivity contribution in [2.45, 2.75) is 32.0 Å². The summed E-state index contributed by atoms with van der Waals surface area (Å²) in [7, 11) is 0. The van der Waals surface area contributed by atoms with Crippen LogP contribution in [0.15, 0.2) is 42.6 Å². The Balaban J connectivity index is 1.93. The fraction of sp³-hybridized carbons (Fsp3) is 0.300. The first kappa shape index (κ1) is 21.7. The largest absolute Gasteiger partial charge is 0.374 e. The van der Waals surface area contributed by atoms with Crippen molar-refractivity contribution in [1.82, 2.24) is 19.9 Å². The van der Waals surface area contributed by atoms with Gasteiger partial charge in [0.2, 0.25) is 5.91 Å². The van der Waals surface area contributed by atoms with Crippen LogP contribution >= 0.6 is 11.6 Å². The third-order valence-corrected chi connectivity index (χ3v) is 4.57. The lowest BCUT2D eigenvalue weighted by atomic mass is 10.1. The van der Waals surface area contributed by atoms with Crippen molar-refractivity contribution in [3.8, 4) is 0 Å². The number of benzene rings is 1. The van der Waals surface area contributed by atoms with Gasteiger partial charge in [0.15, 0.2) is 11.5 Å². The van der Waals surface area contributed by atoms with Crippen LogP contribution < -0.4 is 16.8 Å². The highest BCUT2D eigenvalue weighted by Crippen LogP contribution is 2.21. The molecule has 158 valence electrons. The highest BCUT2D eigenvalue weighted by Gasteiger charge is 2.28. The Bertz CT molecular complexity index is 1060. The summed E-state index contributed by atoms with van der Waals surface area (Å²) < 4.78 is 7.33. The van der Waals surface area contributed by atoms with Crippen LogP contribution in [0.1, 0.15) is 41.6 Å². The lowest BCUT2D eigenvalue weighted by molar-refractivity contribution is -0.126. The second-order valence-electron chi connectivity index (χ2n) is 7.44. The molecule has 0 saturated heterocycles. The first-order valence-corrected chi connectivity index (χ1v) is 9.60. The quantitative estimate of drug-likeness (QED) is 0.496. The van der Waals surface area contributed by atoms with Crippen LogP contribution in [-0.2, 0) is 16.1 Å². The van der Waals surface area contributed by atoms with Gasteiger partial charge >= 0.3 is 0 Å². The van der Waals surface area contributed by atoms with Gasteiger partial charge in [-0.05, 0) is 25.5 Å². The van der Waals surface area contributed by atoms with E-state index in [1.54, 1.807) is 20.0 Å². The topological polar surface area (TPSA) is 138 Å². The second-order valence-corrected chi connectivity index (χ2v) is 7.87. The number of pyridine rings is 1.